The first kappa shape index (κ1) is 17.0. The van der Waals surface area contributed by atoms with Crippen molar-refractivity contribution >= 4 is 23.3 Å². The lowest BCUT2D eigenvalue weighted by Crippen LogP contribution is -2.39. The van der Waals surface area contributed by atoms with E-state index in [2.05, 4.69) is 18.3 Å². The van der Waals surface area contributed by atoms with Gasteiger partial charge in [0, 0.05) is 17.4 Å². The van der Waals surface area contributed by atoms with Gasteiger partial charge < -0.3 is 15.0 Å². The minimum Gasteiger partial charge on any atom is -0.462 e. The molecule has 130 valence electrons. The smallest absolute Gasteiger partial charge is 0.338 e. The summed E-state index contributed by atoms with van der Waals surface area (Å²) in [7, 11) is 0. The summed E-state index contributed by atoms with van der Waals surface area (Å²) >= 11 is 0. The molecule has 0 aliphatic carbocycles. The zero-order chi connectivity index (χ0) is 17.8. The Morgan fingerprint density at radius 3 is 2.60 bits per heavy atom. The maximum absolute atomic E-state index is 12.6. The predicted octanol–water partition coefficient (Wildman–Crippen LogP) is 3.25. The van der Waals surface area contributed by atoms with Gasteiger partial charge in [-0.25, -0.2) is 4.79 Å². The van der Waals surface area contributed by atoms with Crippen molar-refractivity contribution in [2.75, 3.05) is 23.4 Å². The van der Waals surface area contributed by atoms with Gasteiger partial charge in [-0.3, -0.25) is 4.79 Å². The Labute approximate surface area is 147 Å². The number of carbonyl (C=O) groups is 2. The first-order valence-electron chi connectivity index (χ1n) is 8.51. The lowest BCUT2D eigenvalue weighted by Gasteiger charge is -2.23. The highest BCUT2D eigenvalue weighted by Crippen LogP contribution is 2.31. The third-order valence-electron chi connectivity index (χ3n) is 4.32. The second-order valence-electron chi connectivity index (χ2n) is 6.10. The molecule has 1 unspecified atom stereocenters. The molecular formula is C20H22N2O3. The van der Waals surface area contributed by atoms with E-state index in [-0.39, 0.29) is 24.5 Å². The van der Waals surface area contributed by atoms with Crippen LogP contribution in [0.1, 0.15) is 29.8 Å². The van der Waals surface area contributed by atoms with Crippen LogP contribution < -0.4 is 10.2 Å². The minimum atomic E-state index is -0.340. The van der Waals surface area contributed by atoms with Crippen molar-refractivity contribution in [1.29, 1.82) is 0 Å². The van der Waals surface area contributed by atoms with E-state index in [0.717, 1.165) is 17.8 Å². The topological polar surface area (TPSA) is 58.6 Å². The van der Waals surface area contributed by atoms with E-state index in [0.29, 0.717) is 12.2 Å². The predicted molar refractivity (Wildman–Crippen MR) is 98.0 cm³/mol. The number of rotatable bonds is 5. The van der Waals surface area contributed by atoms with Crippen LogP contribution in [0, 0.1) is 0 Å². The number of hydrogen-bond acceptors (Lipinski definition) is 4. The van der Waals surface area contributed by atoms with Crippen molar-refractivity contribution in [3.8, 4) is 0 Å². The fourth-order valence-electron chi connectivity index (χ4n) is 3.15. The van der Waals surface area contributed by atoms with Crippen molar-refractivity contribution in [3.63, 3.8) is 0 Å². The SMILES string of the molecule is CCOC(=O)c1ccc(NCC(=O)N2c3ccccc3CC2C)cc1. The number of nitrogens with zero attached hydrogens (tertiary/aromatic N) is 1. The summed E-state index contributed by atoms with van der Waals surface area (Å²) in [6.07, 6.45) is 0.885. The third kappa shape index (κ3) is 3.65. The van der Waals surface area contributed by atoms with Crippen LogP contribution in [0.15, 0.2) is 48.5 Å². The van der Waals surface area contributed by atoms with Crippen LogP contribution in [-0.4, -0.2) is 31.1 Å². The molecule has 5 nitrogen and oxygen atoms in total. The summed E-state index contributed by atoms with van der Waals surface area (Å²) in [5, 5.41) is 3.13. The molecule has 0 radical (unpaired) electrons. The highest BCUT2D eigenvalue weighted by Gasteiger charge is 2.30. The molecule has 0 bridgehead atoms. The van der Waals surface area contributed by atoms with Crippen LogP contribution in [-0.2, 0) is 16.0 Å². The number of hydrogen-bond donors (Lipinski definition) is 1. The maximum atomic E-state index is 12.6. The summed E-state index contributed by atoms with van der Waals surface area (Å²) in [5.74, 6) is -0.306. The van der Waals surface area contributed by atoms with Crippen LogP contribution in [0.25, 0.3) is 0 Å². The van der Waals surface area contributed by atoms with Gasteiger partial charge in [0.2, 0.25) is 5.91 Å². The molecule has 5 heteroatoms. The van der Waals surface area contributed by atoms with E-state index in [1.54, 1.807) is 31.2 Å². The first-order valence-corrected chi connectivity index (χ1v) is 8.51. The normalized spacial score (nSPS) is 15.6. The Bertz CT molecular complexity index is 771. The van der Waals surface area contributed by atoms with Crippen molar-refractivity contribution < 1.29 is 14.3 Å². The quantitative estimate of drug-likeness (QED) is 0.850. The molecule has 2 aromatic rings. The van der Waals surface area contributed by atoms with Crippen LogP contribution >= 0.6 is 0 Å². The number of anilines is 2. The van der Waals surface area contributed by atoms with Gasteiger partial charge >= 0.3 is 5.97 Å². The molecule has 1 amide bonds. The number of amides is 1. The Morgan fingerprint density at radius 2 is 1.88 bits per heavy atom. The fraction of sp³-hybridized carbons (Fsp3) is 0.300. The molecule has 3 rings (SSSR count). The summed E-state index contributed by atoms with van der Waals surface area (Å²) in [6.45, 7) is 4.39. The molecular weight excluding hydrogens is 316 g/mol. The molecule has 0 saturated carbocycles. The zero-order valence-electron chi connectivity index (χ0n) is 14.5. The molecule has 0 spiro atoms. The van der Waals surface area contributed by atoms with Crippen LogP contribution in [0.5, 0.6) is 0 Å². The number of fused-ring (bicyclic) bond motifs is 1. The van der Waals surface area contributed by atoms with Gasteiger partial charge in [0.1, 0.15) is 0 Å². The van der Waals surface area contributed by atoms with E-state index in [4.69, 9.17) is 4.74 Å². The average molecular weight is 338 g/mol. The highest BCUT2D eigenvalue weighted by atomic mass is 16.5. The van der Waals surface area contributed by atoms with E-state index in [1.807, 2.05) is 23.1 Å². The van der Waals surface area contributed by atoms with E-state index >= 15 is 0 Å². The lowest BCUT2D eigenvalue weighted by atomic mass is 10.1. The molecule has 0 aromatic heterocycles. The maximum Gasteiger partial charge on any atom is 0.338 e. The van der Waals surface area contributed by atoms with Crippen LogP contribution in [0.3, 0.4) is 0 Å². The van der Waals surface area contributed by atoms with Crippen molar-refractivity contribution in [1.82, 2.24) is 0 Å². The van der Waals surface area contributed by atoms with E-state index in [9.17, 15) is 9.59 Å². The number of benzene rings is 2. The van der Waals surface area contributed by atoms with Crippen molar-refractivity contribution in [2.45, 2.75) is 26.3 Å². The molecule has 25 heavy (non-hydrogen) atoms. The monoisotopic (exact) mass is 338 g/mol. The van der Waals surface area contributed by atoms with Gasteiger partial charge in [0.25, 0.3) is 0 Å². The number of esters is 1. The first-order chi connectivity index (χ1) is 12.1. The van der Waals surface area contributed by atoms with Crippen LogP contribution in [0.2, 0.25) is 0 Å². The van der Waals surface area contributed by atoms with Gasteiger partial charge in [-0.2, -0.15) is 0 Å². The van der Waals surface area contributed by atoms with Crippen molar-refractivity contribution in [3.05, 3.63) is 59.7 Å². The standard InChI is InChI=1S/C20H22N2O3/c1-3-25-20(24)15-8-10-17(11-9-15)21-13-19(23)22-14(2)12-16-6-4-5-7-18(16)22/h4-11,14,21H,3,12-13H2,1-2H3. The molecule has 1 aliphatic rings. The minimum absolute atomic E-state index is 0.0342. The third-order valence-corrected chi connectivity index (χ3v) is 4.32. The zero-order valence-corrected chi connectivity index (χ0v) is 14.5. The molecule has 1 atom stereocenters. The summed E-state index contributed by atoms with van der Waals surface area (Å²) in [6, 6.07) is 15.1. The molecule has 0 saturated heterocycles. The molecule has 1 heterocycles. The molecule has 2 aromatic carbocycles. The van der Waals surface area contributed by atoms with Gasteiger partial charge in [-0.1, -0.05) is 18.2 Å². The second kappa shape index (κ2) is 7.38. The number of carbonyl (C=O) groups excluding carboxylic acids is 2. The Hall–Kier alpha value is -2.82. The van der Waals surface area contributed by atoms with Crippen LogP contribution in [0.4, 0.5) is 11.4 Å². The van der Waals surface area contributed by atoms with Gasteiger partial charge in [0.15, 0.2) is 0 Å². The lowest BCUT2D eigenvalue weighted by molar-refractivity contribution is -0.117. The van der Waals surface area contributed by atoms with Gasteiger partial charge in [-0.15, -0.1) is 0 Å². The molecule has 1 aliphatic heterocycles. The summed E-state index contributed by atoms with van der Waals surface area (Å²) in [4.78, 5) is 26.1. The van der Waals surface area contributed by atoms with E-state index in [1.165, 1.54) is 5.56 Å². The highest BCUT2D eigenvalue weighted by molar-refractivity contribution is 5.98. The van der Waals surface area contributed by atoms with E-state index < -0.39 is 0 Å². The van der Waals surface area contributed by atoms with Crippen molar-refractivity contribution in [2.24, 2.45) is 0 Å². The fourth-order valence-corrected chi connectivity index (χ4v) is 3.15. The number of para-hydroxylation sites is 1. The summed E-state index contributed by atoms with van der Waals surface area (Å²) < 4.78 is 4.96. The van der Waals surface area contributed by atoms with Gasteiger partial charge in [-0.05, 0) is 56.2 Å². The molecule has 0 fully saturated rings. The number of ether oxygens (including phenoxy) is 1. The second-order valence-corrected chi connectivity index (χ2v) is 6.10. The average Bonchev–Trinajstić information content (AvgIpc) is 2.96. The Morgan fingerprint density at radius 1 is 1.16 bits per heavy atom. The summed E-state index contributed by atoms with van der Waals surface area (Å²) in [5.41, 5.74) is 3.50. The Balaban J connectivity index is 1.62. The largest absolute Gasteiger partial charge is 0.462 e. The number of nitrogens with one attached hydrogen (secondary N) is 1. The van der Waals surface area contributed by atoms with Gasteiger partial charge in [0.05, 0.1) is 18.7 Å². The Kier molecular flexibility index (Phi) is 5.03. The molecule has 1 N–H and O–H groups in total.